The van der Waals surface area contributed by atoms with Crippen molar-refractivity contribution in [2.24, 2.45) is 29.2 Å². The van der Waals surface area contributed by atoms with E-state index in [1.807, 2.05) is 37.3 Å². The molecule has 0 aromatic rings. The van der Waals surface area contributed by atoms with Crippen molar-refractivity contribution in [3.8, 4) is 0 Å². The third-order valence-corrected chi connectivity index (χ3v) is 14.4. The van der Waals surface area contributed by atoms with Gasteiger partial charge in [-0.25, -0.2) is 0 Å². The van der Waals surface area contributed by atoms with Gasteiger partial charge in [0.15, 0.2) is 18.4 Å². The van der Waals surface area contributed by atoms with Gasteiger partial charge in [-0.2, -0.15) is 0 Å². The molecule has 0 spiro atoms. The highest BCUT2D eigenvalue weighted by molar-refractivity contribution is 5.78. The second-order valence-electron chi connectivity index (χ2n) is 20.7. The first-order valence-corrected chi connectivity index (χ1v) is 26.2. The molecule has 2 bridgehead atoms. The lowest BCUT2D eigenvalue weighted by Crippen LogP contribution is -2.62. The molecule has 434 valence electrons. The van der Waals surface area contributed by atoms with Crippen LogP contribution in [-0.2, 0) is 38.0 Å². The fourth-order valence-corrected chi connectivity index (χ4v) is 9.73. The maximum Gasteiger partial charge on any atom is 0.308 e. The molecule has 4 aliphatic rings. The number of cyclic esters (lactones) is 1. The number of primary amides is 1. The minimum Gasteiger partial charge on any atom is -0.462 e. The summed E-state index contributed by atoms with van der Waals surface area (Å²) in [5.41, 5.74) is 11.8. The number of ether oxygens (including phenoxy) is 6. The Labute approximate surface area is 444 Å². The van der Waals surface area contributed by atoms with Crippen LogP contribution in [0.1, 0.15) is 91.9 Å². The van der Waals surface area contributed by atoms with Gasteiger partial charge in [-0.05, 0) is 52.4 Å². The van der Waals surface area contributed by atoms with E-state index in [1.54, 1.807) is 56.4 Å². The maximum atomic E-state index is 13.1. The van der Waals surface area contributed by atoms with Crippen molar-refractivity contribution in [2.75, 3.05) is 6.61 Å². The van der Waals surface area contributed by atoms with E-state index in [-0.39, 0.29) is 32.1 Å². The summed E-state index contributed by atoms with van der Waals surface area (Å²) in [6.07, 6.45) is -6.32. The number of amides is 1. The molecule has 0 radical (unpaired) electrons. The van der Waals surface area contributed by atoms with E-state index < -0.39 is 184 Å². The fraction of sp³-hybridized carbons (Fsp3) is 0.736. The van der Waals surface area contributed by atoms with Crippen molar-refractivity contribution in [1.29, 1.82) is 0 Å². The number of aliphatic hydroxyl groups is 13. The highest BCUT2D eigenvalue weighted by atomic mass is 16.7. The monoisotopic (exact) mass is 1090 g/mol. The molecule has 23 heteroatoms. The molecule has 0 saturated carbocycles. The molecule has 1 amide bonds. The number of fused-ring (bicyclic) bond motifs is 2. The molecule has 3 fully saturated rings. The Kier molecular flexibility index (Phi) is 26.9. The molecule has 4 rings (SSSR count). The van der Waals surface area contributed by atoms with E-state index in [4.69, 9.17) is 39.9 Å². The van der Waals surface area contributed by atoms with Crippen molar-refractivity contribution < 1.29 is 104 Å². The average Bonchev–Trinajstić information content (AvgIpc) is 3.34. The fourth-order valence-electron chi connectivity index (χ4n) is 9.73. The molecule has 0 aromatic heterocycles. The van der Waals surface area contributed by atoms with Crippen LogP contribution in [0.2, 0.25) is 0 Å². The van der Waals surface area contributed by atoms with Crippen LogP contribution in [0.4, 0.5) is 0 Å². The van der Waals surface area contributed by atoms with Gasteiger partial charge in [0, 0.05) is 31.1 Å². The summed E-state index contributed by atoms with van der Waals surface area (Å²) in [6, 6.07) is -1.15. The van der Waals surface area contributed by atoms with Crippen LogP contribution in [0.5, 0.6) is 0 Å². The van der Waals surface area contributed by atoms with Crippen molar-refractivity contribution >= 4 is 11.9 Å². The molecule has 4 heterocycles. The zero-order chi connectivity index (χ0) is 56.4. The Bertz CT molecular complexity index is 1940. The number of rotatable bonds is 6. The number of aliphatic hydroxyl groups excluding tert-OH is 12. The molecule has 0 aromatic carbocycles. The van der Waals surface area contributed by atoms with Crippen molar-refractivity contribution in [1.82, 2.24) is 0 Å². The summed E-state index contributed by atoms with van der Waals surface area (Å²) in [5, 5.41) is 140. The first-order chi connectivity index (χ1) is 35.9. The molecular weight excluding hydrogens is 1000 g/mol. The number of nitrogens with two attached hydrogens (primary N) is 2. The SMILES string of the molecule is C[C@@H]1[C@H](OC2O[C@H](CO)[C@@H](O)[C@H](O)[C@@H]2O)[C@@H](C)/C=C/C=C/CC/C=C/C=C/C=C/C=C/[C@H](O[C@@H]2O[C@H](C)[C@@H](O)[C@H](N)[C@@H]2O)C[C@@H]2O[C@](O)(C[C@@H](O)[C@H](O)CC[C@@H](O)C[C@@H](O)C[C@@H](O)CC(=O)O[C@H]1C)C[C@H](O)[C@H]2C(N)=O. The Morgan fingerprint density at radius 3 is 1.91 bits per heavy atom. The van der Waals surface area contributed by atoms with Gasteiger partial charge in [0.05, 0.1) is 92.1 Å². The predicted octanol–water partition coefficient (Wildman–Crippen LogP) is -1.84. The number of allylic oxidation sites excluding steroid dienone is 10. The molecular formula is C53H86N2O21. The van der Waals surface area contributed by atoms with Crippen LogP contribution in [0.3, 0.4) is 0 Å². The van der Waals surface area contributed by atoms with Gasteiger partial charge in [0.2, 0.25) is 5.91 Å². The topological polar surface area (TPSA) is 405 Å². The van der Waals surface area contributed by atoms with Crippen LogP contribution in [0, 0.1) is 17.8 Å². The second-order valence-corrected chi connectivity index (χ2v) is 20.7. The first-order valence-electron chi connectivity index (χ1n) is 26.2. The number of hydrogen-bond donors (Lipinski definition) is 15. The van der Waals surface area contributed by atoms with Crippen LogP contribution < -0.4 is 11.5 Å². The summed E-state index contributed by atoms with van der Waals surface area (Å²) >= 11 is 0. The summed E-state index contributed by atoms with van der Waals surface area (Å²) in [5.74, 6) is -6.58. The van der Waals surface area contributed by atoms with Gasteiger partial charge in [0.1, 0.15) is 36.6 Å². The summed E-state index contributed by atoms with van der Waals surface area (Å²) in [4.78, 5) is 25.9. The van der Waals surface area contributed by atoms with E-state index >= 15 is 0 Å². The lowest BCUT2D eigenvalue weighted by atomic mass is 9.82. The second kappa shape index (κ2) is 31.4. The quantitative estimate of drug-likeness (QED) is 0.130. The van der Waals surface area contributed by atoms with Gasteiger partial charge < -0.3 is 106 Å². The zero-order valence-electron chi connectivity index (χ0n) is 43.7. The van der Waals surface area contributed by atoms with E-state index in [0.29, 0.717) is 12.8 Å². The number of carbonyl (C=O) groups excluding carboxylic acids is 2. The van der Waals surface area contributed by atoms with Crippen LogP contribution in [0.15, 0.2) is 72.9 Å². The van der Waals surface area contributed by atoms with Crippen molar-refractivity contribution in [3.63, 3.8) is 0 Å². The third kappa shape index (κ3) is 19.8. The number of hydrogen-bond acceptors (Lipinski definition) is 22. The smallest absolute Gasteiger partial charge is 0.308 e. The van der Waals surface area contributed by atoms with Gasteiger partial charge >= 0.3 is 5.97 Å². The summed E-state index contributed by atoms with van der Waals surface area (Å²) < 4.78 is 35.4. The maximum absolute atomic E-state index is 13.1. The Morgan fingerprint density at radius 2 is 1.25 bits per heavy atom. The molecule has 76 heavy (non-hydrogen) atoms. The average molecular weight is 1090 g/mol. The molecule has 17 N–H and O–H groups in total. The molecule has 23 nitrogen and oxygen atoms in total. The molecule has 1 unspecified atom stereocenters. The van der Waals surface area contributed by atoms with Crippen LogP contribution in [-0.4, -0.2) is 213 Å². The highest BCUT2D eigenvalue weighted by Gasteiger charge is 2.51. The van der Waals surface area contributed by atoms with Gasteiger partial charge in [-0.1, -0.05) is 86.8 Å². The van der Waals surface area contributed by atoms with Crippen LogP contribution >= 0.6 is 0 Å². The van der Waals surface area contributed by atoms with Crippen molar-refractivity contribution in [2.45, 2.75) is 220 Å². The molecule has 3 saturated heterocycles. The normalized spacial score (nSPS) is 46.6. The van der Waals surface area contributed by atoms with Gasteiger partial charge in [0.25, 0.3) is 0 Å². The number of esters is 1. The summed E-state index contributed by atoms with van der Waals surface area (Å²) in [6.45, 7) is 5.99. The zero-order valence-corrected chi connectivity index (χ0v) is 43.7. The van der Waals surface area contributed by atoms with Gasteiger partial charge in [-0.15, -0.1) is 0 Å². The van der Waals surface area contributed by atoms with E-state index in [1.165, 1.54) is 6.92 Å². The lowest BCUT2D eigenvalue weighted by Gasteiger charge is -2.45. The third-order valence-electron chi connectivity index (χ3n) is 14.4. The lowest BCUT2D eigenvalue weighted by molar-refractivity contribution is -0.318. The van der Waals surface area contributed by atoms with Crippen molar-refractivity contribution in [3.05, 3.63) is 72.9 Å². The largest absolute Gasteiger partial charge is 0.462 e. The molecule has 4 aliphatic heterocycles. The van der Waals surface area contributed by atoms with E-state index in [2.05, 4.69) is 0 Å². The number of carbonyl (C=O) groups is 2. The minimum atomic E-state index is -2.34. The minimum absolute atomic E-state index is 0.173. The van der Waals surface area contributed by atoms with E-state index in [9.17, 15) is 76.0 Å². The highest BCUT2D eigenvalue weighted by Crippen LogP contribution is 2.38. The standard InChI is InChI=1S/C53H86N2O21/c1-28-17-15-13-11-9-7-5-6-8-10-12-14-16-18-35(73-51-46(66)43(54)44(64)31(4)72-51)24-39-42(50(55)69)38(62)26-53(70,76-39)25-37(61)36(60)20-19-32(57)21-33(58)22-34(59)23-41(63)71-30(3)29(2)49(28)75-52-48(68)47(67)45(65)40(27-56)74-52/h5-6,8,10-18,28-40,42-49,51-52,56-62,64-68,70H,7,9,19-27,54H2,1-4H3,(H2,55,69)/b6-5+,10-8+,13-11+,14-12+,17-15+,18-16+/t28-,29-,30-,31+,32+,33+,34+,35-,36+,37+,38-,39-,40+,42+,43-,44+,45+,46-,47-,48-,49+,51-,52?,53+/m0/s1. The Morgan fingerprint density at radius 1 is 0.658 bits per heavy atom. The van der Waals surface area contributed by atoms with Crippen LogP contribution in [0.25, 0.3) is 0 Å². The summed E-state index contributed by atoms with van der Waals surface area (Å²) in [7, 11) is 0. The molecule has 0 aliphatic carbocycles. The Balaban J connectivity index is 1.56. The van der Waals surface area contributed by atoms with Gasteiger partial charge in [-0.3, -0.25) is 9.59 Å². The predicted molar refractivity (Wildman–Crippen MR) is 271 cm³/mol. The molecule has 24 atom stereocenters. The Hall–Kier alpha value is -3.38. The first kappa shape index (κ1) is 65.1. The van der Waals surface area contributed by atoms with E-state index in [0.717, 1.165) is 0 Å².